The highest BCUT2D eigenvalue weighted by atomic mass is 16.6. The van der Waals surface area contributed by atoms with Gasteiger partial charge in [-0.15, -0.1) is 0 Å². The first-order valence-electron chi connectivity index (χ1n) is 31.3. The summed E-state index contributed by atoms with van der Waals surface area (Å²) in [4.78, 5) is 24.6. The third kappa shape index (κ3) is 64.7. The Labute approximate surface area is 491 Å². The number of ether oxygens (including phenoxy) is 2. The molecule has 0 aliphatic carbocycles. The van der Waals surface area contributed by atoms with Gasteiger partial charge >= 0.3 is 11.9 Å². The largest absolute Gasteiger partial charge is 0.462 e. The average molecular weight is 1090 g/mol. The molecule has 0 aromatic heterocycles. The molecule has 1 N–H and O–H groups in total. The third-order valence-electron chi connectivity index (χ3n) is 12.3. The van der Waals surface area contributed by atoms with E-state index >= 15 is 0 Å². The molecule has 0 rings (SSSR count). The second-order valence-electron chi connectivity index (χ2n) is 19.7. The minimum Gasteiger partial charge on any atom is -0.462 e. The lowest BCUT2D eigenvalue weighted by molar-refractivity contribution is -0.161. The minimum atomic E-state index is -0.811. The van der Waals surface area contributed by atoms with Gasteiger partial charge in [-0.25, -0.2) is 0 Å². The highest BCUT2D eigenvalue weighted by Gasteiger charge is 2.16. The lowest BCUT2D eigenvalue weighted by atomic mass is 10.1. The summed E-state index contributed by atoms with van der Waals surface area (Å²) in [5, 5.41) is 9.67. The Morgan fingerprint density at radius 1 is 0.287 bits per heavy atom. The first kappa shape index (κ1) is 74.2. The first-order valence-corrected chi connectivity index (χ1v) is 31.3. The van der Waals surface area contributed by atoms with Gasteiger partial charge in [-0.1, -0.05) is 271 Å². The van der Waals surface area contributed by atoms with Gasteiger partial charge in [0.15, 0.2) is 6.10 Å². The van der Waals surface area contributed by atoms with Crippen LogP contribution < -0.4 is 0 Å². The van der Waals surface area contributed by atoms with E-state index in [0.29, 0.717) is 12.8 Å². The smallest absolute Gasteiger partial charge is 0.306 e. The van der Waals surface area contributed by atoms with Gasteiger partial charge in [0, 0.05) is 12.8 Å². The van der Waals surface area contributed by atoms with Crippen molar-refractivity contribution in [1.82, 2.24) is 0 Å². The van der Waals surface area contributed by atoms with Crippen LogP contribution in [0.2, 0.25) is 0 Å². The molecule has 0 spiro atoms. The van der Waals surface area contributed by atoms with Crippen molar-refractivity contribution in [3.8, 4) is 0 Å². The molecule has 0 saturated carbocycles. The lowest BCUT2D eigenvalue weighted by Crippen LogP contribution is -2.28. The fraction of sp³-hybridized carbons (Fsp3) is 0.493. The number of aliphatic hydroxyl groups excluding tert-OH is 1. The number of unbranched alkanes of at least 4 members (excludes halogenated alkanes) is 10. The van der Waals surface area contributed by atoms with Gasteiger partial charge in [-0.2, -0.15) is 0 Å². The Hall–Kier alpha value is -5.78. The summed E-state index contributed by atoms with van der Waals surface area (Å²) in [6.07, 6.45) is 111. The van der Waals surface area contributed by atoms with E-state index in [1.807, 2.05) is 0 Å². The zero-order chi connectivity index (χ0) is 57.6. The minimum absolute atomic E-state index is 0.100. The number of carbonyl (C=O) groups excluding carboxylic acids is 2. The van der Waals surface area contributed by atoms with Crippen molar-refractivity contribution in [3.05, 3.63) is 219 Å². The summed E-state index contributed by atoms with van der Waals surface area (Å²) in [6.45, 7) is 3.86. The molecule has 5 heteroatoms. The van der Waals surface area contributed by atoms with Crippen LogP contribution in [0.25, 0.3) is 0 Å². The van der Waals surface area contributed by atoms with E-state index in [1.54, 1.807) is 0 Å². The topological polar surface area (TPSA) is 72.8 Å². The number of aliphatic hydroxyl groups is 1. The van der Waals surface area contributed by atoms with Crippen LogP contribution in [-0.4, -0.2) is 36.4 Å². The maximum absolute atomic E-state index is 12.3. The number of hydrogen-bond acceptors (Lipinski definition) is 5. The molecule has 0 amide bonds. The van der Waals surface area contributed by atoms with Gasteiger partial charge in [-0.3, -0.25) is 9.59 Å². The molecular weight excluding hydrogens is 981 g/mol. The molecule has 0 radical (unpaired) electrons. The summed E-state index contributed by atoms with van der Waals surface area (Å²) in [7, 11) is 0. The quantitative estimate of drug-likeness (QED) is 0.0373. The molecule has 0 heterocycles. The SMILES string of the molecule is CC/C=C\C/C=C\C/C=C\C/C=C\C/C=C\C/C=C\C/C=C\C/C=C\C/C=C\C/C=C\C/C=C\CCCCCCCC(=O)OC(CO)COC(=O)CCCCCCC/C=C\C/C=C\C/C=C\C/C=C\C/C=C\C/C=C\C/C=C\CC. The lowest BCUT2D eigenvalue weighted by Gasteiger charge is -2.15. The van der Waals surface area contributed by atoms with Crippen molar-refractivity contribution in [3.63, 3.8) is 0 Å². The molecule has 1 unspecified atom stereocenters. The molecule has 0 aliphatic heterocycles. The Morgan fingerprint density at radius 3 is 0.750 bits per heavy atom. The summed E-state index contributed by atoms with van der Waals surface area (Å²) in [5.41, 5.74) is 0. The van der Waals surface area contributed by atoms with Gasteiger partial charge in [0.25, 0.3) is 0 Å². The Morgan fingerprint density at radius 2 is 0.500 bits per heavy atom. The molecule has 0 aliphatic rings. The zero-order valence-corrected chi connectivity index (χ0v) is 50.5. The van der Waals surface area contributed by atoms with Crippen LogP contribution in [0.1, 0.15) is 219 Å². The molecule has 0 aromatic rings. The van der Waals surface area contributed by atoms with Crippen LogP contribution in [0.4, 0.5) is 0 Å². The van der Waals surface area contributed by atoms with E-state index in [9.17, 15) is 14.7 Å². The summed E-state index contributed by atoms with van der Waals surface area (Å²) >= 11 is 0. The molecular formula is C75H112O5. The van der Waals surface area contributed by atoms with Gasteiger partial charge < -0.3 is 14.6 Å². The van der Waals surface area contributed by atoms with E-state index in [-0.39, 0.29) is 25.2 Å². The normalized spacial score (nSPS) is 13.8. The van der Waals surface area contributed by atoms with Gasteiger partial charge in [-0.05, 0) is 154 Å². The monoisotopic (exact) mass is 1090 g/mol. The molecule has 0 saturated heterocycles. The summed E-state index contributed by atoms with van der Waals surface area (Å²) in [5.74, 6) is -0.654. The molecule has 80 heavy (non-hydrogen) atoms. The number of rotatable bonds is 54. The maximum atomic E-state index is 12.3. The maximum Gasteiger partial charge on any atom is 0.306 e. The van der Waals surface area contributed by atoms with Gasteiger partial charge in [0.1, 0.15) is 6.61 Å². The molecule has 1 atom stereocenters. The highest BCUT2D eigenvalue weighted by molar-refractivity contribution is 5.70. The van der Waals surface area contributed by atoms with Crippen LogP contribution in [0.15, 0.2) is 219 Å². The zero-order valence-electron chi connectivity index (χ0n) is 50.5. The highest BCUT2D eigenvalue weighted by Crippen LogP contribution is 2.12. The second kappa shape index (κ2) is 67.5. The number of carbonyl (C=O) groups is 2. The van der Waals surface area contributed by atoms with Crippen molar-refractivity contribution in [2.45, 2.75) is 225 Å². The van der Waals surface area contributed by atoms with Crippen LogP contribution in [0, 0.1) is 0 Å². The van der Waals surface area contributed by atoms with Crippen LogP contribution in [0.5, 0.6) is 0 Å². The fourth-order valence-corrected chi connectivity index (χ4v) is 7.66. The van der Waals surface area contributed by atoms with Gasteiger partial charge in [0.2, 0.25) is 0 Å². The summed E-state index contributed by atoms with van der Waals surface area (Å²) < 4.78 is 10.7. The Kier molecular flexibility index (Phi) is 62.6. The van der Waals surface area contributed by atoms with Crippen molar-refractivity contribution in [2.75, 3.05) is 13.2 Å². The molecule has 442 valence electrons. The molecule has 0 fully saturated rings. The van der Waals surface area contributed by atoms with E-state index in [1.165, 1.54) is 0 Å². The molecule has 0 bridgehead atoms. The fourth-order valence-electron chi connectivity index (χ4n) is 7.66. The van der Waals surface area contributed by atoms with E-state index < -0.39 is 6.10 Å². The molecule has 5 nitrogen and oxygen atoms in total. The first-order chi connectivity index (χ1) is 39.6. The van der Waals surface area contributed by atoms with Crippen LogP contribution in [0.3, 0.4) is 0 Å². The Balaban J connectivity index is 3.70. The third-order valence-corrected chi connectivity index (χ3v) is 12.3. The van der Waals surface area contributed by atoms with Crippen molar-refractivity contribution in [2.24, 2.45) is 0 Å². The second-order valence-corrected chi connectivity index (χ2v) is 19.7. The van der Waals surface area contributed by atoms with E-state index in [0.717, 1.165) is 193 Å². The number of hydrogen-bond donors (Lipinski definition) is 1. The van der Waals surface area contributed by atoms with Crippen LogP contribution >= 0.6 is 0 Å². The van der Waals surface area contributed by atoms with E-state index in [4.69, 9.17) is 9.47 Å². The van der Waals surface area contributed by atoms with E-state index in [2.05, 4.69) is 233 Å². The van der Waals surface area contributed by atoms with Gasteiger partial charge in [0.05, 0.1) is 6.61 Å². The predicted molar refractivity (Wildman–Crippen MR) is 352 cm³/mol. The molecule has 0 aromatic carbocycles. The number of esters is 2. The number of allylic oxidation sites excluding steroid dienone is 36. The summed E-state index contributed by atoms with van der Waals surface area (Å²) in [6, 6.07) is 0. The van der Waals surface area contributed by atoms with Crippen LogP contribution in [-0.2, 0) is 19.1 Å². The predicted octanol–water partition coefficient (Wildman–Crippen LogP) is 22.0. The standard InChI is InChI=1S/C75H112O5/c1-3-5-7-9-11-13-15-17-19-21-23-25-27-29-31-32-33-34-35-36-37-38-39-40-41-42-44-46-48-50-52-54-56-58-60-62-64-66-68-70-75(78)80-73(71-76)72-79-74(77)69-67-65-63-61-59-57-55-53-51-49-47-45-43-30-28-26-24-22-20-18-16-14-12-10-8-6-4-2/h5-8,11-14,17-20,23-26,29-31,33-34,36-37,39-40,42-44,47-50,53-56,73,76H,3-4,9-10,15-16,21-22,27-28,32,35,38,41,45-46,51-52,57-72H2,1-2H3/b7-5-,8-6-,13-11-,14-12-,19-17-,20-18-,25-23-,26-24-,31-29-,34-33-,37-36-,40-39-,43-30-,44-42-,49-47-,50-48-,55-53-,56-54-. The average Bonchev–Trinajstić information content (AvgIpc) is 3.46. The van der Waals surface area contributed by atoms with Crippen molar-refractivity contribution in [1.29, 1.82) is 0 Å². The van der Waals surface area contributed by atoms with Crippen molar-refractivity contribution >= 4 is 11.9 Å². The van der Waals surface area contributed by atoms with Crippen molar-refractivity contribution < 1.29 is 24.2 Å². The Bertz CT molecular complexity index is 1960.